The molecule has 0 fully saturated rings. The number of nitrogens with one attached hydrogen (secondary N) is 1. The average molecular weight is 285 g/mol. The van der Waals surface area contributed by atoms with E-state index in [1.54, 1.807) is 36.4 Å². The van der Waals surface area contributed by atoms with Crippen molar-refractivity contribution in [1.29, 1.82) is 0 Å². The number of anilines is 1. The number of aromatic carboxylic acids is 1. The topological polar surface area (TPSA) is 75.6 Å². The number of hydrogen-bond donors (Lipinski definition) is 2. The van der Waals surface area contributed by atoms with Crippen molar-refractivity contribution in [3.8, 4) is 5.75 Å². The lowest BCUT2D eigenvalue weighted by molar-refractivity contribution is 0.0698. The highest BCUT2D eigenvalue weighted by molar-refractivity contribution is 6.07. The molecule has 5 heteroatoms. The Hall–Kier alpha value is -2.82. The SMILES string of the molecule is COc1cc(C(=O)Nc2ccccc2C(=O)O)ccc1C. The van der Waals surface area contributed by atoms with E-state index >= 15 is 0 Å². The molecule has 2 rings (SSSR count). The van der Waals surface area contributed by atoms with Gasteiger partial charge < -0.3 is 15.2 Å². The van der Waals surface area contributed by atoms with Gasteiger partial charge >= 0.3 is 5.97 Å². The number of carbonyl (C=O) groups is 2. The molecule has 21 heavy (non-hydrogen) atoms. The van der Waals surface area contributed by atoms with Gasteiger partial charge in [0.1, 0.15) is 5.75 Å². The molecule has 2 aromatic rings. The normalized spacial score (nSPS) is 10.0. The summed E-state index contributed by atoms with van der Waals surface area (Å²) >= 11 is 0. The zero-order chi connectivity index (χ0) is 15.4. The number of para-hydroxylation sites is 1. The summed E-state index contributed by atoms with van der Waals surface area (Å²) in [5.74, 6) is -0.872. The van der Waals surface area contributed by atoms with E-state index in [0.29, 0.717) is 11.3 Å². The van der Waals surface area contributed by atoms with Crippen molar-refractivity contribution < 1.29 is 19.4 Å². The molecule has 2 N–H and O–H groups in total. The molecule has 1 amide bonds. The Labute approximate surface area is 122 Å². The van der Waals surface area contributed by atoms with Crippen LogP contribution in [0.15, 0.2) is 42.5 Å². The molecule has 5 nitrogen and oxygen atoms in total. The van der Waals surface area contributed by atoms with E-state index in [0.717, 1.165) is 5.56 Å². The van der Waals surface area contributed by atoms with Crippen LogP contribution in [0.4, 0.5) is 5.69 Å². The van der Waals surface area contributed by atoms with Gasteiger partial charge in [0.15, 0.2) is 0 Å². The number of methoxy groups -OCH3 is 1. The second-order valence-corrected chi connectivity index (χ2v) is 4.49. The first-order chi connectivity index (χ1) is 10.0. The first-order valence-corrected chi connectivity index (χ1v) is 6.31. The predicted molar refractivity (Wildman–Crippen MR) is 79.1 cm³/mol. The van der Waals surface area contributed by atoms with Crippen LogP contribution in [0.2, 0.25) is 0 Å². The Bertz CT molecular complexity index is 694. The molecular formula is C16H15NO4. The predicted octanol–water partition coefficient (Wildman–Crippen LogP) is 2.95. The number of carbonyl (C=O) groups excluding carboxylic acids is 1. The monoisotopic (exact) mass is 285 g/mol. The zero-order valence-electron chi connectivity index (χ0n) is 11.7. The largest absolute Gasteiger partial charge is 0.496 e. The van der Waals surface area contributed by atoms with Gasteiger partial charge in [-0.2, -0.15) is 0 Å². The molecule has 108 valence electrons. The fraction of sp³-hybridized carbons (Fsp3) is 0.125. The van der Waals surface area contributed by atoms with Crippen LogP contribution in [-0.4, -0.2) is 24.1 Å². The summed E-state index contributed by atoms with van der Waals surface area (Å²) in [5.41, 5.74) is 1.62. The summed E-state index contributed by atoms with van der Waals surface area (Å²) in [5, 5.41) is 11.7. The Morgan fingerprint density at radius 2 is 1.86 bits per heavy atom. The van der Waals surface area contributed by atoms with E-state index in [9.17, 15) is 9.59 Å². The van der Waals surface area contributed by atoms with Gasteiger partial charge in [-0.1, -0.05) is 18.2 Å². The van der Waals surface area contributed by atoms with Crippen molar-refractivity contribution in [3.63, 3.8) is 0 Å². The van der Waals surface area contributed by atoms with Crippen LogP contribution in [0, 0.1) is 6.92 Å². The zero-order valence-corrected chi connectivity index (χ0v) is 11.7. The minimum atomic E-state index is -1.09. The third-order valence-corrected chi connectivity index (χ3v) is 3.08. The average Bonchev–Trinajstić information content (AvgIpc) is 2.48. The van der Waals surface area contributed by atoms with Gasteiger partial charge in [0.2, 0.25) is 0 Å². The van der Waals surface area contributed by atoms with E-state index in [1.807, 2.05) is 6.92 Å². The first kappa shape index (κ1) is 14.6. The molecule has 0 spiro atoms. The number of carboxylic acids is 1. The number of benzene rings is 2. The summed E-state index contributed by atoms with van der Waals surface area (Å²) in [6, 6.07) is 11.3. The van der Waals surface area contributed by atoms with Gasteiger partial charge in [0.05, 0.1) is 18.4 Å². The van der Waals surface area contributed by atoms with Gasteiger partial charge in [-0.3, -0.25) is 4.79 Å². The van der Waals surface area contributed by atoms with Crippen LogP contribution in [-0.2, 0) is 0 Å². The third-order valence-electron chi connectivity index (χ3n) is 3.08. The molecule has 0 atom stereocenters. The highest BCUT2D eigenvalue weighted by Gasteiger charge is 2.13. The molecule has 0 saturated heterocycles. The molecule has 0 aliphatic carbocycles. The number of amides is 1. The lowest BCUT2D eigenvalue weighted by atomic mass is 10.1. The smallest absolute Gasteiger partial charge is 0.337 e. The van der Waals surface area contributed by atoms with E-state index in [1.165, 1.54) is 13.2 Å². The van der Waals surface area contributed by atoms with Crippen molar-refractivity contribution >= 4 is 17.6 Å². The van der Waals surface area contributed by atoms with E-state index in [2.05, 4.69) is 5.32 Å². The molecule has 2 aromatic carbocycles. The molecule has 0 unspecified atom stereocenters. The van der Waals surface area contributed by atoms with E-state index < -0.39 is 5.97 Å². The summed E-state index contributed by atoms with van der Waals surface area (Å²) in [7, 11) is 1.53. The summed E-state index contributed by atoms with van der Waals surface area (Å²) in [4.78, 5) is 23.3. The fourth-order valence-electron chi connectivity index (χ4n) is 1.93. The van der Waals surface area contributed by atoms with Gasteiger partial charge in [-0.25, -0.2) is 4.79 Å². The number of hydrogen-bond acceptors (Lipinski definition) is 3. The van der Waals surface area contributed by atoms with Crippen LogP contribution >= 0.6 is 0 Å². The van der Waals surface area contributed by atoms with E-state index in [4.69, 9.17) is 9.84 Å². The summed E-state index contributed by atoms with van der Waals surface area (Å²) < 4.78 is 5.17. The van der Waals surface area contributed by atoms with E-state index in [-0.39, 0.29) is 17.2 Å². The Morgan fingerprint density at radius 3 is 2.52 bits per heavy atom. The van der Waals surface area contributed by atoms with Crippen LogP contribution in [0.5, 0.6) is 5.75 Å². The van der Waals surface area contributed by atoms with Crippen molar-refractivity contribution in [2.24, 2.45) is 0 Å². The summed E-state index contributed by atoms with van der Waals surface area (Å²) in [6.45, 7) is 1.88. The lowest BCUT2D eigenvalue weighted by Gasteiger charge is -2.10. The maximum Gasteiger partial charge on any atom is 0.337 e. The molecule has 0 bridgehead atoms. The number of ether oxygens (including phenoxy) is 1. The molecule has 0 aliphatic heterocycles. The third kappa shape index (κ3) is 3.20. The summed E-state index contributed by atoms with van der Waals surface area (Å²) in [6.07, 6.45) is 0. The first-order valence-electron chi connectivity index (χ1n) is 6.31. The molecule has 0 heterocycles. The van der Waals surface area contributed by atoms with Crippen molar-refractivity contribution in [3.05, 3.63) is 59.2 Å². The second kappa shape index (κ2) is 6.09. The molecule has 0 aliphatic rings. The minimum Gasteiger partial charge on any atom is -0.496 e. The minimum absolute atomic E-state index is 0.0462. The van der Waals surface area contributed by atoms with Crippen LogP contribution < -0.4 is 10.1 Å². The standard InChI is InChI=1S/C16H15NO4/c1-10-7-8-11(9-14(10)21-2)15(18)17-13-6-4-3-5-12(13)16(19)20/h3-9H,1-2H3,(H,17,18)(H,19,20). The Morgan fingerprint density at radius 1 is 1.14 bits per heavy atom. The number of carboxylic acid groups (broad SMARTS) is 1. The van der Waals surface area contributed by atoms with Gasteiger partial charge in [-0.15, -0.1) is 0 Å². The number of rotatable bonds is 4. The van der Waals surface area contributed by atoms with Gasteiger partial charge in [-0.05, 0) is 36.8 Å². The highest BCUT2D eigenvalue weighted by Crippen LogP contribution is 2.21. The number of aryl methyl sites for hydroxylation is 1. The van der Waals surface area contributed by atoms with Gasteiger partial charge in [0, 0.05) is 5.56 Å². The molecule has 0 aromatic heterocycles. The maximum absolute atomic E-state index is 12.2. The molecular weight excluding hydrogens is 270 g/mol. The fourth-order valence-corrected chi connectivity index (χ4v) is 1.93. The van der Waals surface area contributed by atoms with Crippen molar-refractivity contribution in [2.75, 3.05) is 12.4 Å². The second-order valence-electron chi connectivity index (χ2n) is 4.49. The van der Waals surface area contributed by atoms with Crippen molar-refractivity contribution in [1.82, 2.24) is 0 Å². The highest BCUT2D eigenvalue weighted by atomic mass is 16.5. The maximum atomic E-state index is 12.2. The van der Waals surface area contributed by atoms with Crippen molar-refractivity contribution in [2.45, 2.75) is 6.92 Å². The quantitative estimate of drug-likeness (QED) is 0.905. The Kier molecular flexibility index (Phi) is 4.23. The van der Waals surface area contributed by atoms with Gasteiger partial charge in [0.25, 0.3) is 5.91 Å². The van der Waals surface area contributed by atoms with Crippen LogP contribution in [0.3, 0.4) is 0 Å². The molecule has 0 radical (unpaired) electrons. The Balaban J connectivity index is 2.28. The lowest BCUT2D eigenvalue weighted by Crippen LogP contribution is -2.15. The van der Waals surface area contributed by atoms with Crippen LogP contribution in [0.1, 0.15) is 26.3 Å². The van der Waals surface area contributed by atoms with Crippen LogP contribution in [0.25, 0.3) is 0 Å². The molecule has 0 saturated carbocycles.